The molecule has 0 saturated carbocycles. The minimum Gasteiger partial charge on any atom is -0.346 e. The molecule has 0 aromatic heterocycles. The molecule has 0 aliphatic carbocycles. The van der Waals surface area contributed by atoms with E-state index >= 15 is 0 Å². The third-order valence-electron chi connectivity index (χ3n) is 4.25. The van der Waals surface area contributed by atoms with E-state index in [-0.39, 0.29) is 24.1 Å². The summed E-state index contributed by atoms with van der Waals surface area (Å²) < 4.78 is 25.9. The molecule has 2 N–H and O–H groups in total. The van der Waals surface area contributed by atoms with Crippen LogP contribution in [-0.4, -0.2) is 53.5 Å². The monoisotopic (exact) mass is 390 g/mol. The first-order valence-corrected chi connectivity index (χ1v) is 9.00. The third kappa shape index (κ3) is 5.70. The Kier molecular flexibility index (Phi) is 6.31. The standard InChI is InChI=1S/C19H20F2N4OS/c20-14-1-5-16(6-2-14)22-18(26)13-24-9-11-25(12-10-24)19(27)23-17-7-3-15(21)4-8-17/h1-8H,9-13H2,(H,22,26)(H,23,27). The van der Waals surface area contributed by atoms with E-state index in [0.717, 1.165) is 5.69 Å². The zero-order chi connectivity index (χ0) is 19.2. The van der Waals surface area contributed by atoms with E-state index in [1.165, 1.54) is 36.4 Å². The summed E-state index contributed by atoms with van der Waals surface area (Å²) >= 11 is 5.41. The van der Waals surface area contributed by atoms with E-state index in [1.807, 2.05) is 9.80 Å². The average molecular weight is 390 g/mol. The molecule has 1 fully saturated rings. The molecule has 1 heterocycles. The highest BCUT2D eigenvalue weighted by Gasteiger charge is 2.20. The summed E-state index contributed by atoms with van der Waals surface area (Å²) in [6.07, 6.45) is 0. The molecule has 0 unspecified atom stereocenters. The molecule has 2 aromatic rings. The highest BCUT2D eigenvalue weighted by Crippen LogP contribution is 2.12. The highest BCUT2D eigenvalue weighted by molar-refractivity contribution is 7.80. The number of amides is 1. The predicted octanol–water partition coefficient (Wildman–Crippen LogP) is 2.92. The maximum absolute atomic E-state index is 13.0. The molecular formula is C19H20F2N4OS. The van der Waals surface area contributed by atoms with Crippen molar-refractivity contribution in [2.24, 2.45) is 0 Å². The fourth-order valence-electron chi connectivity index (χ4n) is 2.78. The number of anilines is 2. The van der Waals surface area contributed by atoms with E-state index in [2.05, 4.69) is 10.6 Å². The summed E-state index contributed by atoms with van der Waals surface area (Å²) in [4.78, 5) is 16.2. The lowest BCUT2D eigenvalue weighted by molar-refractivity contribution is -0.117. The summed E-state index contributed by atoms with van der Waals surface area (Å²) in [5.41, 5.74) is 1.31. The van der Waals surface area contributed by atoms with Gasteiger partial charge in [-0.1, -0.05) is 0 Å². The second kappa shape index (κ2) is 8.88. The Labute approximate surface area is 162 Å². The van der Waals surface area contributed by atoms with Gasteiger partial charge in [0.1, 0.15) is 11.6 Å². The first kappa shape index (κ1) is 19.2. The van der Waals surface area contributed by atoms with Crippen molar-refractivity contribution in [2.75, 3.05) is 43.4 Å². The van der Waals surface area contributed by atoms with Crippen molar-refractivity contribution in [3.05, 3.63) is 60.2 Å². The Morgan fingerprint density at radius 1 is 0.852 bits per heavy atom. The minimum absolute atomic E-state index is 0.137. The summed E-state index contributed by atoms with van der Waals surface area (Å²) in [7, 11) is 0. The largest absolute Gasteiger partial charge is 0.346 e. The van der Waals surface area contributed by atoms with Gasteiger partial charge in [0.15, 0.2) is 5.11 Å². The van der Waals surface area contributed by atoms with Crippen LogP contribution >= 0.6 is 12.2 Å². The number of carbonyl (C=O) groups excluding carboxylic acids is 1. The van der Waals surface area contributed by atoms with E-state index in [4.69, 9.17) is 12.2 Å². The van der Waals surface area contributed by atoms with Crippen LogP contribution in [0.1, 0.15) is 0 Å². The first-order valence-electron chi connectivity index (χ1n) is 8.59. The van der Waals surface area contributed by atoms with Crippen LogP contribution in [0.3, 0.4) is 0 Å². The number of rotatable bonds is 4. The number of piperazine rings is 1. The number of hydrogen-bond acceptors (Lipinski definition) is 3. The van der Waals surface area contributed by atoms with Crippen LogP contribution in [0, 0.1) is 11.6 Å². The molecule has 0 bridgehead atoms. The van der Waals surface area contributed by atoms with Crippen LogP contribution in [0.2, 0.25) is 0 Å². The highest BCUT2D eigenvalue weighted by atomic mass is 32.1. The maximum Gasteiger partial charge on any atom is 0.238 e. The van der Waals surface area contributed by atoms with Crippen molar-refractivity contribution in [1.29, 1.82) is 0 Å². The molecule has 1 saturated heterocycles. The van der Waals surface area contributed by atoms with Gasteiger partial charge < -0.3 is 15.5 Å². The molecule has 5 nitrogen and oxygen atoms in total. The van der Waals surface area contributed by atoms with Crippen LogP contribution in [0.25, 0.3) is 0 Å². The lowest BCUT2D eigenvalue weighted by Gasteiger charge is -2.35. The number of thiocarbonyl (C=S) groups is 1. The van der Waals surface area contributed by atoms with Crippen molar-refractivity contribution in [3.8, 4) is 0 Å². The number of nitrogens with zero attached hydrogens (tertiary/aromatic N) is 2. The number of halogens is 2. The molecule has 27 heavy (non-hydrogen) atoms. The molecule has 3 rings (SSSR count). The van der Waals surface area contributed by atoms with E-state index in [9.17, 15) is 13.6 Å². The summed E-state index contributed by atoms with van der Waals surface area (Å²) in [6.45, 7) is 3.04. The lowest BCUT2D eigenvalue weighted by atomic mass is 10.3. The van der Waals surface area contributed by atoms with Gasteiger partial charge in [-0.2, -0.15) is 0 Å². The molecule has 1 aliphatic heterocycles. The Morgan fingerprint density at radius 3 is 1.85 bits per heavy atom. The zero-order valence-electron chi connectivity index (χ0n) is 14.6. The van der Waals surface area contributed by atoms with Crippen LogP contribution in [0.4, 0.5) is 20.2 Å². The fourth-order valence-corrected chi connectivity index (χ4v) is 3.08. The quantitative estimate of drug-likeness (QED) is 0.787. The van der Waals surface area contributed by atoms with Crippen LogP contribution in [0.15, 0.2) is 48.5 Å². The van der Waals surface area contributed by atoms with Crippen molar-refractivity contribution in [1.82, 2.24) is 9.80 Å². The molecule has 0 spiro atoms. The van der Waals surface area contributed by atoms with Crippen molar-refractivity contribution in [2.45, 2.75) is 0 Å². The second-order valence-electron chi connectivity index (χ2n) is 6.26. The Hall–Kier alpha value is -2.58. The molecule has 2 aromatic carbocycles. The summed E-state index contributed by atoms with van der Waals surface area (Å²) in [5, 5.41) is 6.43. The Morgan fingerprint density at radius 2 is 1.33 bits per heavy atom. The maximum atomic E-state index is 13.0. The van der Waals surface area contributed by atoms with Gasteiger partial charge in [0, 0.05) is 37.6 Å². The van der Waals surface area contributed by atoms with Gasteiger partial charge in [-0.15, -0.1) is 0 Å². The lowest BCUT2D eigenvalue weighted by Crippen LogP contribution is -2.51. The zero-order valence-corrected chi connectivity index (χ0v) is 15.4. The Balaban J connectivity index is 1.42. The van der Waals surface area contributed by atoms with E-state index < -0.39 is 0 Å². The molecule has 142 valence electrons. The van der Waals surface area contributed by atoms with Gasteiger partial charge in [0.05, 0.1) is 6.54 Å². The van der Waals surface area contributed by atoms with Crippen molar-refractivity contribution < 1.29 is 13.6 Å². The van der Waals surface area contributed by atoms with Crippen LogP contribution in [-0.2, 0) is 4.79 Å². The van der Waals surface area contributed by atoms with E-state index in [0.29, 0.717) is 37.0 Å². The van der Waals surface area contributed by atoms with Crippen molar-refractivity contribution >= 4 is 34.6 Å². The van der Waals surface area contributed by atoms with Gasteiger partial charge >= 0.3 is 0 Å². The van der Waals surface area contributed by atoms with Crippen LogP contribution in [0.5, 0.6) is 0 Å². The Bertz CT molecular complexity index is 790. The third-order valence-corrected chi connectivity index (χ3v) is 4.61. The predicted molar refractivity (Wildman–Crippen MR) is 106 cm³/mol. The molecule has 8 heteroatoms. The fraction of sp³-hybridized carbons (Fsp3) is 0.263. The smallest absolute Gasteiger partial charge is 0.238 e. The normalized spacial score (nSPS) is 14.7. The molecule has 1 aliphatic rings. The molecule has 0 atom stereocenters. The molecule has 0 radical (unpaired) electrons. The summed E-state index contributed by atoms with van der Waals surface area (Å²) in [6, 6.07) is 11.7. The SMILES string of the molecule is O=C(CN1CCN(C(=S)Nc2ccc(F)cc2)CC1)Nc1ccc(F)cc1. The first-order chi connectivity index (χ1) is 13.0. The van der Waals surface area contributed by atoms with Crippen molar-refractivity contribution in [3.63, 3.8) is 0 Å². The van der Waals surface area contributed by atoms with Crippen LogP contribution < -0.4 is 10.6 Å². The number of carbonyl (C=O) groups is 1. The van der Waals surface area contributed by atoms with Gasteiger partial charge in [0.25, 0.3) is 0 Å². The second-order valence-corrected chi connectivity index (χ2v) is 6.64. The van der Waals surface area contributed by atoms with Gasteiger partial charge in [-0.05, 0) is 60.7 Å². The van der Waals surface area contributed by atoms with E-state index in [1.54, 1.807) is 12.1 Å². The van der Waals surface area contributed by atoms with Gasteiger partial charge in [-0.3, -0.25) is 9.69 Å². The number of benzene rings is 2. The number of nitrogens with one attached hydrogen (secondary N) is 2. The average Bonchev–Trinajstić information content (AvgIpc) is 2.66. The van der Waals surface area contributed by atoms with Gasteiger partial charge in [-0.25, -0.2) is 8.78 Å². The number of hydrogen-bond donors (Lipinski definition) is 2. The molecular weight excluding hydrogens is 370 g/mol. The molecule has 1 amide bonds. The topological polar surface area (TPSA) is 47.6 Å². The van der Waals surface area contributed by atoms with Gasteiger partial charge in [0.2, 0.25) is 5.91 Å². The summed E-state index contributed by atoms with van der Waals surface area (Å²) in [5.74, 6) is -0.768. The minimum atomic E-state index is -0.339.